The Labute approximate surface area is 158 Å². The van der Waals surface area contributed by atoms with Crippen LogP contribution in [-0.4, -0.2) is 25.1 Å². The topological polar surface area (TPSA) is 60.5 Å². The Kier molecular flexibility index (Phi) is 4.67. The van der Waals surface area contributed by atoms with Gasteiger partial charge >= 0.3 is 0 Å². The molecule has 1 N–H and O–H groups in total. The van der Waals surface area contributed by atoms with E-state index in [1.807, 2.05) is 42.5 Å². The second-order valence-corrected chi connectivity index (χ2v) is 6.65. The van der Waals surface area contributed by atoms with Crippen LogP contribution < -0.4 is 14.8 Å². The Morgan fingerprint density at radius 2 is 1.89 bits per heavy atom. The molecule has 4 rings (SSSR count). The van der Waals surface area contributed by atoms with Crippen molar-refractivity contribution in [2.45, 2.75) is 25.8 Å². The average molecular weight is 362 g/mol. The maximum Gasteiger partial charge on any atom is 0.252 e. The number of hydrogen-bond acceptors (Lipinski definition) is 4. The number of carbonyl (C=O) groups is 1. The molecule has 5 heteroatoms. The minimum absolute atomic E-state index is 0.0541. The van der Waals surface area contributed by atoms with Gasteiger partial charge in [-0.1, -0.05) is 24.3 Å². The van der Waals surface area contributed by atoms with Gasteiger partial charge in [-0.25, -0.2) is 0 Å². The molecule has 0 spiro atoms. The molecule has 0 atom stereocenters. The molecule has 27 heavy (non-hydrogen) atoms. The van der Waals surface area contributed by atoms with E-state index >= 15 is 0 Å². The summed E-state index contributed by atoms with van der Waals surface area (Å²) in [5, 5.41) is 3.98. The smallest absolute Gasteiger partial charge is 0.252 e. The summed E-state index contributed by atoms with van der Waals surface area (Å²) in [6.45, 7) is 0.421. The van der Waals surface area contributed by atoms with Crippen molar-refractivity contribution in [1.29, 1.82) is 0 Å². The lowest BCUT2D eigenvalue weighted by atomic mass is 10.0. The molecule has 1 aromatic heterocycles. The van der Waals surface area contributed by atoms with Gasteiger partial charge in [0.2, 0.25) is 0 Å². The minimum atomic E-state index is -0.0541. The van der Waals surface area contributed by atoms with E-state index in [9.17, 15) is 4.79 Å². The highest BCUT2D eigenvalue weighted by molar-refractivity contribution is 6.07. The van der Waals surface area contributed by atoms with Gasteiger partial charge in [-0.15, -0.1) is 0 Å². The number of aryl methyl sites for hydroxylation is 1. The molecule has 1 aliphatic rings. The molecule has 138 valence electrons. The van der Waals surface area contributed by atoms with Gasteiger partial charge in [0.05, 0.1) is 25.3 Å². The molecule has 3 aromatic rings. The molecule has 0 bridgehead atoms. The number of amides is 1. The third-order valence-electron chi connectivity index (χ3n) is 5.05. The molecule has 1 amide bonds. The molecule has 2 aromatic carbocycles. The van der Waals surface area contributed by atoms with E-state index in [1.165, 1.54) is 0 Å². The number of para-hydroxylation sites is 1. The van der Waals surface area contributed by atoms with E-state index in [4.69, 9.17) is 14.5 Å². The van der Waals surface area contributed by atoms with E-state index in [0.717, 1.165) is 52.5 Å². The highest BCUT2D eigenvalue weighted by Crippen LogP contribution is 2.30. The number of nitrogens with one attached hydrogen (secondary N) is 1. The predicted octanol–water partition coefficient (Wildman–Crippen LogP) is 3.67. The summed E-state index contributed by atoms with van der Waals surface area (Å²) in [4.78, 5) is 17.8. The van der Waals surface area contributed by atoms with Crippen molar-refractivity contribution in [1.82, 2.24) is 10.3 Å². The quantitative estimate of drug-likeness (QED) is 0.752. The fourth-order valence-corrected chi connectivity index (χ4v) is 3.73. The SMILES string of the molecule is COc1ccc(CNC(=O)c2c3c(nc4ccccc24)CCC3)cc1OC. The lowest BCUT2D eigenvalue weighted by molar-refractivity contribution is 0.0951. The number of benzene rings is 2. The third kappa shape index (κ3) is 3.21. The molecule has 0 aliphatic heterocycles. The summed E-state index contributed by atoms with van der Waals surface area (Å²) in [5.74, 6) is 1.27. The first-order valence-corrected chi connectivity index (χ1v) is 9.11. The fourth-order valence-electron chi connectivity index (χ4n) is 3.73. The number of aromatic nitrogens is 1. The van der Waals surface area contributed by atoms with E-state index in [1.54, 1.807) is 14.2 Å². The number of rotatable bonds is 5. The number of carbonyl (C=O) groups excluding carboxylic acids is 1. The molecule has 0 saturated carbocycles. The van der Waals surface area contributed by atoms with Gasteiger partial charge in [0, 0.05) is 17.6 Å². The lowest BCUT2D eigenvalue weighted by Crippen LogP contribution is -2.24. The van der Waals surface area contributed by atoms with Crippen molar-refractivity contribution in [3.63, 3.8) is 0 Å². The minimum Gasteiger partial charge on any atom is -0.493 e. The first kappa shape index (κ1) is 17.3. The fraction of sp³-hybridized carbons (Fsp3) is 0.273. The lowest BCUT2D eigenvalue weighted by Gasteiger charge is -2.14. The van der Waals surface area contributed by atoms with Gasteiger partial charge in [0.25, 0.3) is 5.91 Å². The predicted molar refractivity (Wildman–Crippen MR) is 104 cm³/mol. The van der Waals surface area contributed by atoms with Crippen LogP contribution >= 0.6 is 0 Å². The van der Waals surface area contributed by atoms with Crippen molar-refractivity contribution in [3.05, 3.63) is 64.8 Å². The van der Waals surface area contributed by atoms with Crippen LogP contribution in [0.1, 0.15) is 33.6 Å². The summed E-state index contributed by atoms with van der Waals surface area (Å²) in [7, 11) is 3.21. The van der Waals surface area contributed by atoms with Crippen LogP contribution in [0.5, 0.6) is 11.5 Å². The van der Waals surface area contributed by atoms with Crippen LogP contribution in [0.4, 0.5) is 0 Å². The van der Waals surface area contributed by atoms with Gasteiger partial charge in [0.1, 0.15) is 0 Å². The van der Waals surface area contributed by atoms with Crippen LogP contribution in [-0.2, 0) is 19.4 Å². The van der Waals surface area contributed by atoms with Crippen LogP contribution in [0.3, 0.4) is 0 Å². The van der Waals surface area contributed by atoms with E-state index < -0.39 is 0 Å². The Morgan fingerprint density at radius 3 is 2.70 bits per heavy atom. The Bertz CT molecular complexity index is 1010. The van der Waals surface area contributed by atoms with Crippen molar-refractivity contribution < 1.29 is 14.3 Å². The normalized spacial score (nSPS) is 12.7. The first-order chi connectivity index (χ1) is 13.2. The maximum absolute atomic E-state index is 13.1. The zero-order chi connectivity index (χ0) is 18.8. The molecule has 0 saturated heterocycles. The number of fused-ring (bicyclic) bond motifs is 2. The Balaban J connectivity index is 1.63. The molecule has 0 radical (unpaired) electrons. The first-order valence-electron chi connectivity index (χ1n) is 9.11. The zero-order valence-corrected chi connectivity index (χ0v) is 15.5. The summed E-state index contributed by atoms with van der Waals surface area (Å²) < 4.78 is 10.6. The van der Waals surface area contributed by atoms with Crippen molar-refractivity contribution in [3.8, 4) is 11.5 Å². The monoisotopic (exact) mass is 362 g/mol. The maximum atomic E-state index is 13.1. The number of methoxy groups -OCH3 is 2. The van der Waals surface area contributed by atoms with Crippen LogP contribution in [0.2, 0.25) is 0 Å². The summed E-state index contributed by atoms with van der Waals surface area (Å²) in [6.07, 6.45) is 2.90. The summed E-state index contributed by atoms with van der Waals surface area (Å²) in [5.41, 5.74) is 4.77. The largest absolute Gasteiger partial charge is 0.493 e. The Morgan fingerprint density at radius 1 is 1.07 bits per heavy atom. The van der Waals surface area contributed by atoms with Crippen LogP contribution in [0.15, 0.2) is 42.5 Å². The second kappa shape index (κ2) is 7.27. The van der Waals surface area contributed by atoms with Gasteiger partial charge in [-0.2, -0.15) is 0 Å². The molecule has 5 nitrogen and oxygen atoms in total. The van der Waals surface area contributed by atoms with Crippen molar-refractivity contribution >= 4 is 16.8 Å². The standard InChI is InChI=1S/C22H22N2O3/c1-26-19-11-10-14(12-20(19)27-2)13-23-22(25)21-15-6-3-4-8-17(15)24-18-9-5-7-16(18)21/h3-4,6,8,10-12H,5,7,9,13H2,1-2H3,(H,23,25). The highest BCUT2D eigenvalue weighted by atomic mass is 16.5. The van der Waals surface area contributed by atoms with Gasteiger partial charge < -0.3 is 14.8 Å². The average Bonchev–Trinajstić information content (AvgIpc) is 3.17. The molecule has 0 fully saturated rings. The van der Waals surface area contributed by atoms with Gasteiger partial charge in [-0.3, -0.25) is 9.78 Å². The highest BCUT2D eigenvalue weighted by Gasteiger charge is 2.23. The van der Waals surface area contributed by atoms with Crippen molar-refractivity contribution in [2.75, 3.05) is 14.2 Å². The van der Waals surface area contributed by atoms with Gasteiger partial charge in [0.15, 0.2) is 11.5 Å². The molecular weight excluding hydrogens is 340 g/mol. The summed E-state index contributed by atoms with van der Waals surface area (Å²) in [6, 6.07) is 13.5. The van der Waals surface area contributed by atoms with E-state index in [-0.39, 0.29) is 5.91 Å². The summed E-state index contributed by atoms with van der Waals surface area (Å²) >= 11 is 0. The van der Waals surface area contributed by atoms with Gasteiger partial charge in [-0.05, 0) is 48.6 Å². The number of ether oxygens (including phenoxy) is 2. The molecule has 1 aliphatic carbocycles. The number of pyridine rings is 1. The number of hydrogen-bond donors (Lipinski definition) is 1. The van der Waals surface area contributed by atoms with Crippen LogP contribution in [0.25, 0.3) is 10.9 Å². The zero-order valence-electron chi connectivity index (χ0n) is 15.5. The third-order valence-corrected chi connectivity index (χ3v) is 5.05. The van der Waals surface area contributed by atoms with Crippen LogP contribution in [0, 0.1) is 0 Å². The second-order valence-electron chi connectivity index (χ2n) is 6.65. The molecular formula is C22H22N2O3. The van der Waals surface area contributed by atoms with Crippen molar-refractivity contribution in [2.24, 2.45) is 0 Å². The van der Waals surface area contributed by atoms with E-state index in [0.29, 0.717) is 18.0 Å². The molecule has 0 unspecified atom stereocenters. The number of nitrogens with zero attached hydrogens (tertiary/aromatic N) is 1. The molecule has 1 heterocycles. The Hall–Kier alpha value is -3.08. The van der Waals surface area contributed by atoms with E-state index in [2.05, 4.69) is 5.32 Å².